The summed E-state index contributed by atoms with van der Waals surface area (Å²) in [5.41, 5.74) is 3.75. The Morgan fingerprint density at radius 3 is 2.40 bits per heavy atom. The van der Waals surface area contributed by atoms with Crippen LogP contribution in [-0.2, 0) is 4.57 Å². The highest BCUT2D eigenvalue weighted by molar-refractivity contribution is 7.70. The van der Waals surface area contributed by atoms with Gasteiger partial charge < -0.3 is 14.8 Å². The number of H-pyrrole nitrogens is 1. The van der Waals surface area contributed by atoms with Crippen molar-refractivity contribution in [3.63, 3.8) is 0 Å². The third-order valence-corrected chi connectivity index (χ3v) is 5.80. The lowest BCUT2D eigenvalue weighted by molar-refractivity contribution is 0.588. The van der Waals surface area contributed by atoms with Crippen molar-refractivity contribution in [2.45, 2.75) is 13.8 Å². The van der Waals surface area contributed by atoms with Gasteiger partial charge in [-0.05, 0) is 39.3 Å². The third-order valence-electron chi connectivity index (χ3n) is 4.28. The van der Waals surface area contributed by atoms with Crippen LogP contribution in [-0.4, -0.2) is 47.6 Å². The number of hydrogen-bond donors (Lipinski definition) is 2. The Morgan fingerprint density at radius 2 is 1.84 bits per heavy atom. The van der Waals surface area contributed by atoms with E-state index >= 15 is 0 Å². The second kappa shape index (κ2) is 6.15. The fourth-order valence-corrected chi connectivity index (χ4v) is 3.94. The summed E-state index contributed by atoms with van der Waals surface area (Å²) in [4.78, 5) is 10.7. The molecule has 0 aliphatic heterocycles. The number of rotatable bonds is 4. The summed E-state index contributed by atoms with van der Waals surface area (Å²) in [6.45, 7) is 7.52. The smallest absolute Gasteiger partial charge is 0.156 e. The molecule has 7 nitrogen and oxygen atoms in total. The molecule has 0 radical (unpaired) electrons. The molecule has 0 aliphatic rings. The van der Waals surface area contributed by atoms with E-state index in [0.29, 0.717) is 5.82 Å². The van der Waals surface area contributed by atoms with E-state index in [-0.39, 0.29) is 0 Å². The van der Waals surface area contributed by atoms with Gasteiger partial charge in [0.15, 0.2) is 5.82 Å². The molecule has 8 heteroatoms. The molecule has 0 fully saturated rings. The highest BCUT2D eigenvalue weighted by atomic mass is 31.2. The molecule has 3 rings (SSSR count). The summed E-state index contributed by atoms with van der Waals surface area (Å²) < 4.78 is 12.8. The van der Waals surface area contributed by atoms with Crippen LogP contribution in [0.5, 0.6) is 0 Å². The first kappa shape index (κ1) is 17.4. The van der Waals surface area contributed by atoms with Crippen LogP contribution in [0.2, 0.25) is 0 Å². The first-order valence-corrected chi connectivity index (χ1v) is 10.6. The van der Waals surface area contributed by atoms with E-state index in [1.165, 1.54) is 6.33 Å². The summed E-state index contributed by atoms with van der Waals surface area (Å²) in [5.74, 6) is 1.38. The normalized spacial score (nSPS) is 11.8. The molecular weight excluding hydrogens is 335 g/mol. The van der Waals surface area contributed by atoms with Crippen LogP contribution < -0.4 is 15.5 Å². The maximum atomic E-state index is 12.8. The lowest BCUT2D eigenvalue weighted by atomic mass is 10.2. The Morgan fingerprint density at radius 1 is 1.12 bits per heavy atom. The fraction of sp³-hybridized carbons (Fsp3) is 0.353. The largest absolute Gasteiger partial charge is 0.377 e. The van der Waals surface area contributed by atoms with Crippen molar-refractivity contribution in [1.82, 2.24) is 20.2 Å². The van der Waals surface area contributed by atoms with E-state index in [2.05, 4.69) is 25.5 Å². The van der Waals surface area contributed by atoms with Gasteiger partial charge in [0, 0.05) is 41.7 Å². The molecule has 2 aromatic heterocycles. The van der Waals surface area contributed by atoms with E-state index in [4.69, 9.17) is 0 Å². The van der Waals surface area contributed by atoms with Gasteiger partial charge in [-0.25, -0.2) is 9.97 Å². The minimum absolute atomic E-state index is 0.652. The summed E-state index contributed by atoms with van der Waals surface area (Å²) in [7, 11) is 1.41. The monoisotopic (exact) mass is 358 g/mol. The van der Waals surface area contributed by atoms with Crippen LogP contribution >= 0.6 is 7.14 Å². The number of aromatic amines is 1. The van der Waals surface area contributed by atoms with Crippen LogP contribution in [0.3, 0.4) is 0 Å². The molecule has 25 heavy (non-hydrogen) atoms. The van der Waals surface area contributed by atoms with Gasteiger partial charge in [-0.3, -0.25) is 5.10 Å². The highest BCUT2D eigenvalue weighted by Crippen LogP contribution is 2.40. The van der Waals surface area contributed by atoms with E-state index in [1.54, 1.807) is 13.3 Å². The summed E-state index contributed by atoms with van der Waals surface area (Å²) in [6.07, 6.45) is 1.52. The van der Waals surface area contributed by atoms with Crippen LogP contribution in [0.15, 0.2) is 18.5 Å². The van der Waals surface area contributed by atoms with Gasteiger partial charge in [0.2, 0.25) is 0 Å². The van der Waals surface area contributed by atoms with Gasteiger partial charge in [0.25, 0.3) is 0 Å². The standard InChI is InChI=1S/C17H23N6OP/c1-10-11(2)21-22-16(10)20-17-12-7-15(25(5,6)24)14(23(3)4)8-13(12)18-9-19-17/h7-9H,1-6H3,(H2,18,19,20,21,22). The van der Waals surface area contributed by atoms with Crippen LogP contribution in [0.1, 0.15) is 11.3 Å². The average Bonchev–Trinajstić information content (AvgIpc) is 2.85. The molecule has 0 saturated carbocycles. The van der Waals surface area contributed by atoms with Gasteiger partial charge in [0.1, 0.15) is 19.3 Å². The molecule has 0 aliphatic carbocycles. The molecule has 0 atom stereocenters. The second-order valence-electron chi connectivity index (χ2n) is 6.77. The average molecular weight is 358 g/mol. The predicted octanol–water partition coefficient (Wildman–Crippen LogP) is 3.03. The molecule has 2 N–H and O–H groups in total. The maximum absolute atomic E-state index is 12.8. The SMILES string of the molecule is Cc1[nH]nc(Nc2ncnc3cc(N(C)C)c(P(C)(C)=O)cc23)c1C. The van der Waals surface area contributed by atoms with Crippen molar-refractivity contribution >= 4 is 40.7 Å². The van der Waals surface area contributed by atoms with Crippen molar-refractivity contribution in [2.75, 3.05) is 37.6 Å². The molecule has 3 aromatic rings. The Balaban J connectivity index is 2.21. The predicted molar refractivity (Wildman–Crippen MR) is 104 cm³/mol. The zero-order chi connectivity index (χ0) is 18.4. The number of hydrogen-bond acceptors (Lipinski definition) is 6. The van der Waals surface area contributed by atoms with Gasteiger partial charge >= 0.3 is 0 Å². The molecule has 2 heterocycles. The lowest BCUT2D eigenvalue weighted by Crippen LogP contribution is -2.19. The zero-order valence-electron chi connectivity index (χ0n) is 15.4. The van der Waals surface area contributed by atoms with E-state index in [1.807, 2.05) is 45.0 Å². The van der Waals surface area contributed by atoms with E-state index < -0.39 is 7.14 Å². The number of fused-ring (bicyclic) bond motifs is 1. The molecule has 0 unspecified atom stereocenters. The van der Waals surface area contributed by atoms with Crippen molar-refractivity contribution in [2.24, 2.45) is 0 Å². The minimum atomic E-state index is -2.47. The van der Waals surface area contributed by atoms with Crippen molar-refractivity contribution in [3.8, 4) is 0 Å². The van der Waals surface area contributed by atoms with Crippen LogP contribution in [0.4, 0.5) is 17.3 Å². The summed E-state index contributed by atoms with van der Waals surface area (Å²) in [6, 6.07) is 3.89. The molecule has 0 saturated heterocycles. The van der Waals surface area contributed by atoms with Gasteiger partial charge in [-0.1, -0.05) is 0 Å². The number of aromatic nitrogens is 4. The highest BCUT2D eigenvalue weighted by Gasteiger charge is 2.20. The van der Waals surface area contributed by atoms with Crippen molar-refractivity contribution in [1.29, 1.82) is 0 Å². The lowest BCUT2D eigenvalue weighted by Gasteiger charge is -2.21. The topological polar surface area (TPSA) is 86.8 Å². The van der Waals surface area contributed by atoms with Crippen molar-refractivity contribution in [3.05, 3.63) is 29.7 Å². The number of benzene rings is 1. The molecule has 0 amide bonds. The Labute approximate surface area is 147 Å². The zero-order valence-corrected chi connectivity index (χ0v) is 16.3. The van der Waals surface area contributed by atoms with Crippen LogP contribution in [0, 0.1) is 13.8 Å². The molecule has 132 valence electrons. The number of nitrogens with zero attached hydrogens (tertiary/aromatic N) is 4. The third kappa shape index (κ3) is 3.24. The van der Waals surface area contributed by atoms with Gasteiger partial charge in [-0.2, -0.15) is 5.10 Å². The fourth-order valence-electron chi connectivity index (χ4n) is 2.69. The molecular formula is C17H23N6OP. The first-order valence-electron chi connectivity index (χ1n) is 7.98. The number of nitrogens with one attached hydrogen (secondary N) is 2. The van der Waals surface area contributed by atoms with Crippen molar-refractivity contribution < 1.29 is 4.57 Å². The number of anilines is 3. The van der Waals surface area contributed by atoms with E-state index in [9.17, 15) is 4.57 Å². The Bertz CT molecular complexity index is 988. The summed E-state index contributed by atoms with van der Waals surface area (Å²) in [5, 5.41) is 12.1. The minimum Gasteiger partial charge on any atom is -0.377 e. The molecule has 0 bridgehead atoms. The van der Waals surface area contributed by atoms with Gasteiger partial charge in [0.05, 0.1) is 5.52 Å². The van der Waals surface area contributed by atoms with Gasteiger partial charge in [-0.15, -0.1) is 0 Å². The Kier molecular flexibility index (Phi) is 4.29. The van der Waals surface area contributed by atoms with E-state index in [0.717, 1.165) is 39.0 Å². The number of aryl methyl sites for hydroxylation is 1. The maximum Gasteiger partial charge on any atom is 0.156 e. The Hall–Kier alpha value is -2.40. The molecule has 1 aromatic carbocycles. The first-order chi connectivity index (χ1) is 11.7. The quantitative estimate of drug-likeness (QED) is 0.697. The van der Waals surface area contributed by atoms with Crippen LogP contribution in [0.25, 0.3) is 10.9 Å². The summed E-state index contributed by atoms with van der Waals surface area (Å²) >= 11 is 0. The molecule has 0 spiro atoms. The second-order valence-corrected chi connectivity index (χ2v) is 9.96.